The highest BCUT2D eigenvalue weighted by Crippen LogP contribution is 2.34. The van der Waals surface area contributed by atoms with Gasteiger partial charge >= 0.3 is 5.97 Å². The van der Waals surface area contributed by atoms with Crippen LogP contribution in [0.25, 0.3) is 0 Å². The first-order valence-corrected chi connectivity index (χ1v) is 7.13. The van der Waals surface area contributed by atoms with Crippen molar-refractivity contribution in [3.05, 3.63) is 0 Å². The molecule has 0 aromatic heterocycles. The molecule has 2 atom stereocenters. The average molecular weight is 280 g/mol. The van der Waals surface area contributed by atoms with E-state index in [0.717, 1.165) is 12.8 Å². The molecule has 1 rings (SSSR count). The Morgan fingerprint density at radius 2 is 2.05 bits per heavy atom. The molecule has 20 heavy (non-hydrogen) atoms. The molecule has 5 nitrogen and oxygen atoms in total. The van der Waals surface area contributed by atoms with Gasteiger partial charge in [-0.1, -0.05) is 6.92 Å². The third-order valence-corrected chi connectivity index (χ3v) is 3.59. The van der Waals surface area contributed by atoms with Crippen LogP contribution in [0.15, 0.2) is 0 Å². The summed E-state index contributed by atoms with van der Waals surface area (Å²) in [5.41, 5.74) is -1.30. The molecule has 1 saturated carbocycles. The molecule has 1 aliphatic carbocycles. The van der Waals surface area contributed by atoms with Crippen molar-refractivity contribution in [3.8, 4) is 6.07 Å². The minimum Gasteiger partial charge on any atom is -0.460 e. The van der Waals surface area contributed by atoms with E-state index in [1.54, 1.807) is 20.8 Å². The van der Waals surface area contributed by atoms with Crippen molar-refractivity contribution in [3.63, 3.8) is 0 Å². The maximum atomic E-state index is 11.9. The van der Waals surface area contributed by atoms with Gasteiger partial charge in [0.2, 0.25) is 5.91 Å². The van der Waals surface area contributed by atoms with E-state index in [4.69, 9.17) is 4.74 Å². The molecule has 1 aliphatic rings. The van der Waals surface area contributed by atoms with Gasteiger partial charge in [-0.3, -0.25) is 9.59 Å². The lowest BCUT2D eigenvalue weighted by molar-refractivity contribution is -0.155. The molecule has 0 unspecified atom stereocenters. The fourth-order valence-corrected chi connectivity index (χ4v) is 2.48. The molecule has 0 aromatic rings. The Balaban J connectivity index is 2.45. The summed E-state index contributed by atoms with van der Waals surface area (Å²) in [6, 6.07) is 2.24. The minimum atomic E-state index is -0.759. The second kappa shape index (κ2) is 6.25. The Morgan fingerprint density at radius 3 is 2.50 bits per heavy atom. The fourth-order valence-electron chi connectivity index (χ4n) is 2.48. The molecule has 1 amide bonds. The van der Waals surface area contributed by atoms with Crippen LogP contribution < -0.4 is 5.32 Å². The summed E-state index contributed by atoms with van der Waals surface area (Å²) >= 11 is 0. The van der Waals surface area contributed by atoms with Crippen molar-refractivity contribution < 1.29 is 14.3 Å². The van der Waals surface area contributed by atoms with Crippen LogP contribution in [-0.2, 0) is 14.3 Å². The molecular weight excluding hydrogens is 256 g/mol. The van der Waals surface area contributed by atoms with Crippen molar-refractivity contribution in [2.45, 2.75) is 70.9 Å². The summed E-state index contributed by atoms with van der Waals surface area (Å²) in [4.78, 5) is 23.5. The molecule has 0 bridgehead atoms. The highest BCUT2D eigenvalue weighted by molar-refractivity contribution is 5.82. The van der Waals surface area contributed by atoms with Crippen LogP contribution >= 0.6 is 0 Å². The van der Waals surface area contributed by atoms with Crippen LogP contribution in [0.1, 0.15) is 59.8 Å². The Labute approximate surface area is 120 Å². The monoisotopic (exact) mass is 280 g/mol. The van der Waals surface area contributed by atoms with Crippen LogP contribution in [0.3, 0.4) is 0 Å². The number of rotatable bonds is 4. The number of nitrogens with one attached hydrogen (secondary N) is 1. The van der Waals surface area contributed by atoms with Crippen LogP contribution in [-0.4, -0.2) is 23.0 Å². The number of ether oxygens (including phenoxy) is 1. The van der Waals surface area contributed by atoms with Crippen LogP contribution in [0.4, 0.5) is 0 Å². The number of carbonyl (C=O) groups is 2. The van der Waals surface area contributed by atoms with Crippen molar-refractivity contribution in [1.82, 2.24) is 5.32 Å². The number of amides is 1. The minimum absolute atomic E-state index is 0.0407. The first kappa shape index (κ1) is 16.5. The van der Waals surface area contributed by atoms with E-state index in [9.17, 15) is 14.9 Å². The lowest BCUT2D eigenvalue weighted by Crippen LogP contribution is -2.49. The topological polar surface area (TPSA) is 79.2 Å². The Kier molecular flexibility index (Phi) is 5.15. The van der Waals surface area contributed by atoms with Gasteiger partial charge in [0.15, 0.2) is 0 Å². The normalized spacial score (nSPS) is 25.9. The van der Waals surface area contributed by atoms with E-state index < -0.39 is 17.1 Å². The second-order valence-electron chi connectivity index (χ2n) is 6.51. The summed E-state index contributed by atoms with van der Waals surface area (Å²) in [7, 11) is 0. The van der Waals surface area contributed by atoms with Crippen LogP contribution in [0, 0.1) is 17.2 Å². The van der Waals surface area contributed by atoms with Crippen molar-refractivity contribution >= 4 is 11.9 Å². The van der Waals surface area contributed by atoms with Crippen molar-refractivity contribution in [2.24, 2.45) is 5.92 Å². The lowest BCUT2D eigenvalue weighted by Gasteiger charge is -2.27. The summed E-state index contributed by atoms with van der Waals surface area (Å²) in [6.45, 7) is 7.34. The molecule has 5 heteroatoms. The van der Waals surface area contributed by atoms with Crippen LogP contribution in [0.5, 0.6) is 0 Å². The smallest absolute Gasteiger partial charge is 0.306 e. The summed E-state index contributed by atoms with van der Waals surface area (Å²) in [5, 5.41) is 12.1. The molecule has 0 aromatic carbocycles. The number of nitriles is 1. The van der Waals surface area contributed by atoms with Gasteiger partial charge in [0, 0.05) is 6.42 Å². The second-order valence-corrected chi connectivity index (χ2v) is 6.51. The zero-order valence-electron chi connectivity index (χ0n) is 12.8. The molecule has 0 heterocycles. The van der Waals surface area contributed by atoms with E-state index in [2.05, 4.69) is 11.4 Å². The van der Waals surface area contributed by atoms with Gasteiger partial charge in [-0.2, -0.15) is 5.26 Å². The molecule has 1 N–H and O–H groups in total. The van der Waals surface area contributed by atoms with E-state index >= 15 is 0 Å². The lowest BCUT2D eigenvalue weighted by atomic mass is 9.89. The van der Waals surface area contributed by atoms with E-state index in [0.29, 0.717) is 6.42 Å². The quantitative estimate of drug-likeness (QED) is 0.801. The van der Waals surface area contributed by atoms with Gasteiger partial charge in [-0.05, 0) is 46.0 Å². The Hall–Kier alpha value is -1.57. The average Bonchev–Trinajstić information content (AvgIpc) is 2.67. The predicted molar refractivity (Wildman–Crippen MR) is 74.6 cm³/mol. The fraction of sp³-hybridized carbons (Fsp3) is 0.800. The summed E-state index contributed by atoms with van der Waals surface area (Å²) in [5.74, 6) is -0.498. The van der Waals surface area contributed by atoms with Gasteiger partial charge in [-0.15, -0.1) is 0 Å². The van der Waals surface area contributed by atoms with E-state index in [1.165, 1.54) is 0 Å². The first-order chi connectivity index (χ1) is 9.18. The van der Waals surface area contributed by atoms with Gasteiger partial charge < -0.3 is 10.1 Å². The molecule has 0 spiro atoms. The van der Waals surface area contributed by atoms with Crippen LogP contribution in [0.2, 0.25) is 0 Å². The van der Waals surface area contributed by atoms with Gasteiger partial charge in [0.05, 0.1) is 12.5 Å². The number of hydrogen-bond donors (Lipinski definition) is 1. The summed E-state index contributed by atoms with van der Waals surface area (Å²) in [6.07, 6.45) is 2.67. The molecule has 0 aliphatic heterocycles. The molecule has 1 fully saturated rings. The number of hydrogen-bond acceptors (Lipinski definition) is 4. The third-order valence-electron chi connectivity index (χ3n) is 3.59. The van der Waals surface area contributed by atoms with Crippen molar-refractivity contribution in [1.29, 1.82) is 5.26 Å². The number of carbonyl (C=O) groups excluding carboxylic acids is 2. The zero-order valence-corrected chi connectivity index (χ0v) is 12.8. The maximum absolute atomic E-state index is 11.9. The highest BCUT2D eigenvalue weighted by Gasteiger charge is 2.41. The van der Waals surface area contributed by atoms with E-state index in [-0.39, 0.29) is 24.7 Å². The van der Waals surface area contributed by atoms with Gasteiger partial charge in [0.25, 0.3) is 0 Å². The largest absolute Gasteiger partial charge is 0.460 e. The maximum Gasteiger partial charge on any atom is 0.306 e. The first-order valence-electron chi connectivity index (χ1n) is 7.13. The SMILES string of the molecule is C[C@@H]1CCC[C@]1(C#N)NC(=O)CCC(=O)OC(C)(C)C. The Morgan fingerprint density at radius 1 is 1.40 bits per heavy atom. The predicted octanol–water partition coefficient (Wildman–Crippen LogP) is 2.31. The third kappa shape index (κ3) is 4.52. The molecular formula is C15H24N2O3. The van der Waals surface area contributed by atoms with Crippen molar-refractivity contribution in [2.75, 3.05) is 0 Å². The molecule has 0 radical (unpaired) electrons. The summed E-state index contributed by atoms with van der Waals surface area (Å²) < 4.78 is 5.15. The Bertz CT molecular complexity index is 420. The van der Waals surface area contributed by atoms with Gasteiger partial charge in [-0.25, -0.2) is 0 Å². The molecule has 112 valence electrons. The number of esters is 1. The number of nitrogens with zero attached hydrogens (tertiary/aromatic N) is 1. The highest BCUT2D eigenvalue weighted by atomic mass is 16.6. The van der Waals surface area contributed by atoms with E-state index in [1.807, 2.05) is 6.92 Å². The van der Waals surface area contributed by atoms with Gasteiger partial charge in [0.1, 0.15) is 11.1 Å². The molecule has 0 saturated heterocycles. The zero-order chi connectivity index (χ0) is 15.4. The standard InChI is InChI=1S/C15H24N2O3/c1-11-6-5-9-15(11,10-16)17-12(18)7-8-13(19)20-14(2,3)4/h11H,5-9H2,1-4H3,(H,17,18)/t11-,15-/m1/s1.